The van der Waals surface area contributed by atoms with Gasteiger partial charge >= 0.3 is 0 Å². The Morgan fingerprint density at radius 2 is 1.75 bits per heavy atom. The number of nitrogens with zero attached hydrogens (tertiary/aromatic N) is 3. The number of rotatable bonds is 5. The van der Waals surface area contributed by atoms with Crippen LogP contribution in [0.5, 0.6) is 0 Å². The van der Waals surface area contributed by atoms with Crippen LogP contribution in [0.25, 0.3) is 0 Å². The number of hydrogen-bond donors (Lipinski definition) is 0. The molecule has 0 spiro atoms. The summed E-state index contributed by atoms with van der Waals surface area (Å²) < 4.78 is 5.02. The molecule has 1 aromatic rings. The molecule has 0 saturated carbocycles. The fourth-order valence-electron chi connectivity index (χ4n) is 3.80. The summed E-state index contributed by atoms with van der Waals surface area (Å²) in [7, 11) is 1.60. The van der Waals surface area contributed by atoms with E-state index < -0.39 is 0 Å². The molecule has 0 N–H and O–H groups in total. The van der Waals surface area contributed by atoms with E-state index in [9.17, 15) is 14.4 Å². The molecule has 28 heavy (non-hydrogen) atoms. The molecule has 3 rings (SSSR count). The summed E-state index contributed by atoms with van der Waals surface area (Å²) in [5, 5.41) is 0. The van der Waals surface area contributed by atoms with Crippen molar-refractivity contribution in [3.05, 3.63) is 34.9 Å². The van der Waals surface area contributed by atoms with Crippen molar-refractivity contribution in [2.45, 2.75) is 20.3 Å². The molecular formula is C21H29N3O4. The number of piperazine rings is 1. The number of ether oxygens (including phenoxy) is 1. The van der Waals surface area contributed by atoms with Crippen LogP contribution in [0.3, 0.4) is 0 Å². The average Bonchev–Trinajstić information content (AvgIpc) is 3.08. The van der Waals surface area contributed by atoms with Crippen molar-refractivity contribution in [3.63, 3.8) is 0 Å². The lowest BCUT2D eigenvalue weighted by atomic mass is 10.0. The summed E-state index contributed by atoms with van der Waals surface area (Å²) in [5.41, 5.74) is 2.96. The van der Waals surface area contributed by atoms with Gasteiger partial charge in [0.2, 0.25) is 11.8 Å². The van der Waals surface area contributed by atoms with Crippen LogP contribution in [-0.2, 0) is 14.3 Å². The molecule has 152 valence electrons. The van der Waals surface area contributed by atoms with Gasteiger partial charge in [-0.05, 0) is 37.1 Å². The molecule has 1 aromatic carbocycles. The van der Waals surface area contributed by atoms with Crippen LogP contribution in [0, 0.1) is 19.8 Å². The average molecular weight is 387 g/mol. The lowest BCUT2D eigenvalue weighted by molar-refractivity contribution is -0.137. The molecule has 0 aromatic heterocycles. The Bertz CT molecular complexity index is 756. The predicted octanol–water partition coefficient (Wildman–Crippen LogP) is 1.08. The smallest absolute Gasteiger partial charge is 0.253 e. The van der Waals surface area contributed by atoms with Crippen LogP contribution in [0.1, 0.15) is 27.9 Å². The molecule has 2 aliphatic heterocycles. The van der Waals surface area contributed by atoms with E-state index in [1.165, 1.54) is 0 Å². The molecule has 7 heteroatoms. The summed E-state index contributed by atoms with van der Waals surface area (Å²) in [6, 6.07) is 5.75. The first-order chi connectivity index (χ1) is 13.4. The first-order valence-corrected chi connectivity index (χ1v) is 9.82. The third kappa shape index (κ3) is 4.35. The summed E-state index contributed by atoms with van der Waals surface area (Å²) in [5.74, 6) is -0.242. The maximum atomic E-state index is 12.8. The van der Waals surface area contributed by atoms with Gasteiger partial charge in [-0.25, -0.2) is 0 Å². The number of aryl methyl sites for hydroxylation is 2. The second-order valence-electron chi connectivity index (χ2n) is 7.65. The zero-order valence-corrected chi connectivity index (χ0v) is 16.9. The molecule has 2 aliphatic rings. The van der Waals surface area contributed by atoms with E-state index in [4.69, 9.17) is 4.74 Å². The highest BCUT2D eigenvalue weighted by atomic mass is 16.5. The molecule has 2 fully saturated rings. The predicted molar refractivity (Wildman–Crippen MR) is 105 cm³/mol. The maximum Gasteiger partial charge on any atom is 0.253 e. The second-order valence-corrected chi connectivity index (χ2v) is 7.65. The van der Waals surface area contributed by atoms with E-state index in [2.05, 4.69) is 0 Å². The zero-order chi connectivity index (χ0) is 20.3. The van der Waals surface area contributed by atoms with Gasteiger partial charge in [0.05, 0.1) is 12.5 Å². The third-order valence-electron chi connectivity index (χ3n) is 5.76. The standard InChI is InChI=1S/C21H29N3O4/c1-15-4-5-17(12-16(15)2)20(26)22-6-8-23(9-7-22)21(27)18-13-19(25)24(14-18)10-11-28-3/h4-5,12,18H,6-11,13-14H2,1-3H3. The molecule has 3 amide bonds. The molecule has 0 aliphatic carbocycles. The van der Waals surface area contributed by atoms with Crippen LogP contribution in [0.15, 0.2) is 18.2 Å². The van der Waals surface area contributed by atoms with Crippen molar-refractivity contribution in [3.8, 4) is 0 Å². The van der Waals surface area contributed by atoms with E-state index in [1.807, 2.05) is 32.0 Å². The first-order valence-electron chi connectivity index (χ1n) is 9.82. The Kier molecular flexibility index (Phi) is 6.34. The van der Waals surface area contributed by atoms with Crippen LogP contribution in [0.4, 0.5) is 0 Å². The molecule has 0 radical (unpaired) electrons. The zero-order valence-electron chi connectivity index (χ0n) is 16.9. The van der Waals surface area contributed by atoms with Gasteiger partial charge in [0.15, 0.2) is 0 Å². The minimum absolute atomic E-state index is 0.0111. The Balaban J connectivity index is 1.53. The van der Waals surface area contributed by atoms with Gasteiger partial charge in [-0.1, -0.05) is 6.07 Å². The highest BCUT2D eigenvalue weighted by Gasteiger charge is 2.37. The molecule has 1 unspecified atom stereocenters. The highest BCUT2D eigenvalue weighted by Crippen LogP contribution is 2.21. The Hall–Kier alpha value is -2.41. The van der Waals surface area contributed by atoms with E-state index >= 15 is 0 Å². The number of benzene rings is 1. The Morgan fingerprint density at radius 1 is 1.07 bits per heavy atom. The molecule has 0 bridgehead atoms. The summed E-state index contributed by atoms with van der Waals surface area (Å²) >= 11 is 0. The van der Waals surface area contributed by atoms with E-state index in [0.29, 0.717) is 51.4 Å². The lowest BCUT2D eigenvalue weighted by Crippen LogP contribution is -2.52. The largest absolute Gasteiger partial charge is 0.383 e. The lowest BCUT2D eigenvalue weighted by Gasteiger charge is -2.36. The normalized spacial score (nSPS) is 20.0. The quantitative estimate of drug-likeness (QED) is 0.758. The van der Waals surface area contributed by atoms with Gasteiger partial charge < -0.3 is 19.4 Å². The second kappa shape index (κ2) is 8.73. The molecule has 2 heterocycles. The van der Waals surface area contributed by atoms with Gasteiger partial charge in [-0.15, -0.1) is 0 Å². The van der Waals surface area contributed by atoms with E-state index in [0.717, 1.165) is 11.1 Å². The van der Waals surface area contributed by atoms with Crippen molar-refractivity contribution in [1.29, 1.82) is 0 Å². The molecule has 2 saturated heterocycles. The van der Waals surface area contributed by atoms with Gasteiger partial charge in [0, 0.05) is 58.4 Å². The number of hydrogen-bond acceptors (Lipinski definition) is 4. The van der Waals surface area contributed by atoms with E-state index in [-0.39, 0.29) is 30.1 Å². The number of methoxy groups -OCH3 is 1. The van der Waals surface area contributed by atoms with Gasteiger partial charge in [-0.2, -0.15) is 0 Å². The van der Waals surface area contributed by atoms with Crippen LogP contribution < -0.4 is 0 Å². The fourth-order valence-corrected chi connectivity index (χ4v) is 3.80. The van der Waals surface area contributed by atoms with E-state index in [1.54, 1.807) is 21.8 Å². The van der Waals surface area contributed by atoms with Crippen molar-refractivity contribution in [2.75, 3.05) is 53.0 Å². The summed E-state index contributed by atoms with van der Waals surface area (Å²) in [4.78, 5) is 42.9. The minimum Gasteiger partial charge on any atom is -0.383 e. The number of carbonyl (C=O) groups excluding carboxylic acids is 3. The molecule has 1 atom stereocenters. The topological polar surface area (TPSA) is 70.2 Å². The monoisotopic (exact) mass is 387 g/mol. The Labute approximate surface area is 166 Å². The van der Waals surface area contributed by atoms with Crippen molar-refractivity contribution < 1.29 is 19.1 Å². The van der Waals surface area contributed by atoms with Gasteiger partial charge in [-0.3, -0.25) is 14.4 Å². The van der Waals surface area contributed by atoms with Crippen LogP contribution in [0.2, 0.25) is 0 Å². The van der Waals surface area contributed by atoms with Crippen LogP contribution in [-0.4, -0.2) is 85.4 Å². The SMILES string of the molecule is COCCN1CC(C(=O)N2CCN(C(=O)c3ccc(C)c(C)c3)CC2)CC1=O. The summed E-state index contributed by atoms with van der Waals surface area (Å²) in [6.07, 6.45) is 0.268. The first kappa shape index (κ1) is 20.3. The van der Waals surface area contributed by atoms with Gasteiger partial charge in [0.25, 0.3) is 5.91 Å². The minimum atomic E-state index is -0.286. The number of amides is 3. The highest BCUT2D eigenvalue weighted by molar-refractivity contribution is 5.95. The number of likely N-dealkylation sites (tertiary alicyclic amines) is 1. The van der Waals surface area contributed by atoms with Gasteiger partial charge in [0.1, 0.15) is 0 Å². The molecule has 7 nitrogen and oxygen atoms in total. The number of carbonyl (C=O) groups is 3. The fraction of sp³-hybridized carbons (Fsp3) is 0.571. The summed E-state index contributed by atoms with van der Waals surface area (Å²) in [6.45, 7) is 7.55. The van der Waals surface area contributed by atoms with Crippen molar-refractivity contribution >= 4 is 17.7 Å². The van der Waals surface area contributed by atoms with Crippen LogP contribution >= 0.6 is 0 Å². The Morgan fingerprint density at radius 3 is 2.39 bits per heavy atom. The van der Waals surface area contributed by atoms with Crippen molar-refractivity contribution in [2.24, 2.45) is 5.92 Å². The third-order valence-corrected chi connectivity index (χ3v) is 5.76. The molecular weight excluding hydrogens is 358 g/mol. The van der Waals surface area contributed by atoms with Crippen molar-refractivity contribution in [1.82, 2.24) is 14.7 Å². The maximum absolute atomic E-state index is 12.8.